The van der Waals surface area contributed by atoms with Gasteiger partial charge in [-0.05, 0) is 24.1 Å². The quantitative estimate of drug-likeness (QED) is 0.728. The molecule has 2 rings (SSSR count). The highest BCUT2D eigenvalue weighted by molar-refractivity contribution is 5.76. The summed E-state index contributed by atoms with van der Waals surface area (Å²) >= 11 is 0. The van der Waals surface area contributed by atoms with Crippen molar-refractivity contribution in [3.63, 3.8) is 0 Å². The minimum Gasteiger partial charge on any atom is -0.356 e. The van der Waals surface area contributed by atoms with Gasteiger partial charge in [-0.25, -0.2) is 0 Å². The third-order valence-electron chi connectivity index (χ3n) is 2.21. The molecule has 0 aliphatic heterocycles. The highest BCUT2D eigenvalue weighted by atomic mass is 14.8. The van der Waals surface area contributed by atoms with Crippen LogP contribution in [0.25, 0.3) is 11.0 Å². The first-order chi connectivity index (χ1) is 6.33. The molecule has 0 unspecified atom stereocenters. The van der Waals surface area contributed by atoms with Crippen LogP contribution in [0.15, 0.2) is 18.3 Å². The molecule has 0 radical (unpaired) electrons. The van der Waals surface area contributed by atoms with Gasteiger partial charge in [0.15, 0.2) is 0 Å². The van der Waals surface area contributed by atoms with Gasteiger partial charge >= 0.3 is 0 Å². The SMILES string of the molecule is CCc1cnc2cc(CN)[nH]c2c1. The van der Waals surface area contributed by atoms with Crippen molar-refractivity contribution in [1.82, 2.24) is 9.97 Å². The Balaban J connectivity index is 2.57. The van der Waals surface area contributed by atoms with Crippen molar-refractivity contribution in [1.29, 1.82) is 0 Å². The lowest BCUT2D eigenvalue weighted by Crippen LogP contribution is -1.94. The van der Waals surface area contributed by atoms with E-state index in [1.807, 2.05) is 12.3 Å². The van der Waals surface area contributed by atoms with E-state index in [2.05, 4.69) is 23.0 Å². The third-order valence-corrected chi connectivity index (χ3v) is 2.21. The van der Waals surface area contributed by atoms with Crippen LogP contribution in [0.2, 0.25) is 0 Å². The van der Waals surface area contributed by atoms with Crippen LogP contribution < -0.4 is 5.73 Å². The van der Waals surface area contributed by atoms with Crippen molar-refractivity contribution in [3.8, 4) is 0 Å². The van der Waals surface area contributed by atoms with Crippen LogP contribution in [0.4, 0.5) is 0 Å². The maximum atomic E-state index is 5.53. The second kappa shape index (κ2) is 3.18. The number of pyridine rings is 1. The number of hydrogen-bond donors (Lipinski definition) is 2. The van der Waals surface area contributed by atoms with Crippen LogP contribution in [-0.4, -0.2) is 9.97 Å². The molecule has 3 nitrogen and oxygen atoms in total. The predicted molar refractivity (Wildman–Crippen MR) is 53.4 cm³/mol. The number of fused-ring (bicyclic) bond motifs is 1. The molecule has 0 saturated carbocycles. The predicted octanol–water partition coefficient (Wildman–Crippen LogP) is 1.58. The Morgan fingerprint density at radius 1 is 1.46 bits per heavy atom. The standard InChI is InChI=1S/C10H13N3/c1-2-7-3-10-9(12-6-7)4-8(5-11)13-10/h3-4,6,13H,2,5,11H2,1H3. The molecular formula is C10H13N3. The van der Waals surface area contributed by atoms with E-state index >= 15 is 0 Å². The fraction of sp³-hybridized carbons (Fsp3) is 0.300. The molecule has 0 fully saturated rings. The molecule has 2 aromatic heterocycles. The number of nitrogens with zero attached hydrogens (tertiary/aromatic N) is 1. The number of aryl methyl sites for hydroxylation is 1. The average Bonchev–Trinajstić information content (AvgIpc) is 2.58. The monoisotopic (exact) mass is 175 g/mol. The number of nitrogens with two attached hydrogens (primary N) is 1. The lowest BCUT2D eigenvalue weighted by atomic mass is 10.2. The first-order valence-electron chi connectivity index (χ1n) is 4.50. The van der Waals surface area contributed by atoms with Crippen molar-refractivity contribution < 1.29 is 0 Å². The van der Waals surface area contributed by atoms with Gasteiger partial charge in [-0.1, -0.05) is 6.92 Å². The fourth-order valence-corrected chi connectivity index (χ4v) is 1.41. The van der Waals surface area contributed by atoms with Crippen molar-refractivity contribution in [2.75, 3.05) is 0 Å². The Bertz CT molecular complexity index is 415. The third kappa shape index (κ3) is 1.42. The van der Waals surface area contributed by atoms with Crippen molar-refractivity contribution in [2.24, 2.45) is 5.73 Å². The van der Waals surface area contributed by atoms with Crippen molar-refractivity contribution in [2.45, 2.75) is 19.9 Å². The molecular weight excluding hydrogens is 162 g/mol. The molecule has 3 heteroatoms. The van der Waals surface area contributed by atoms with Gasteiger partial charge in [0.05, 0.1) is 11.0 Å². The molecule has 0 bridgehead atoms. The molecule has 13 heavy (non-hydrogen) atoms. The Labute approximate surface area is 77.0 Å². The van der Waals surface area contributed by atoms with Gasteiger partial charge < -0.3 is 10.7 Å². The fourth-order valence-electron chi connectivity index (χ4n) is 1.41. The van der Waals surface area contributed by atoms with Gasteiger partial charge in [0.1, 0.15) is 0 Å². The van der Waals surface area contributed by atoms with E-state index in [9.17, 15) is 0 Å². The summed E-state index contributed by atoms with van der Waals surface area (Å²) in [7, 11) is 0. The van der Waals surface area contributed by atoms with E-state index in [0.29, 0.717) is 6.54 Å². The molecule has 3 N–H and O–H groups in total. The molecule has 0 aromatic carbocycles. The zero-order chi connectivity index (χ0) is 9.26. The van der Waals surface area contributed by atoms with E-state index in [-0.39, 0.29) is 0 Å². The molecule has 0 spiro atoms. The van der Waals surface area contributed by atoms with Crippen LogP contribution in [0.3, 0.4) is 0 Å². The van der Waals surface area contributed by atoms with Crippen molar-refractivity contribution >= 4 is 11.0 Å². The van der Waals surface area contributed by atoms with Crippen LogP contribution in [0, 0.1) is 0 Å². The highest BCUT2D eigenvalue weighted by Crippen LogP contribution is 2.14. The van der Waals surface area contributed by atoms with E-state index in [4.69, 9.17) is 5.73 Å². The van der Waals surface area contributed by atoms with Gasteiger partial charge in [0.2, 0.25) is 0 Å². The van der Waals surface area contributed by atoms with Gasteiger partial charge in [-0.2, -0.15) is 0 Å². The zero-order valence-electron chi connectivity index (χ0n) is 7.67. The van der Waals surface area contributed by atoms with E-state index < -0.39 is 0 Å². The van der Waals surface area contributed by atoms with E-state index in [1.54, 1.807) is 0 Å². The van der Waals surface area contributed by atoms with Crippen molar-refractivity contribution in [3.05, 3.63) is 29.6 Å². The summed E-state index contributed by atoms with van der Waals surface area (Å²) in [5, 5.41) is 0. The minimum absolute atomic E-state index is 0.540. The lowest BCUT2D eigenvalue weighted by molar-refractivity contribution is 1.02. The first-order valence-corrected chi connectivity index (χ1v) is 4.50. The Hall–Kier alpha value is -1.35. The van der Waals surface area contributed by atoms with Crippen LogP contribution in [0.5, 0.6) is 0 Å². The number of rotatable bonds is 2. The highest BCUT2D eigenvalue weighted by Gasteiger charge is 2.00. The van der Waals surface area contributed by atoms with Crippen LogP contribution in [-0.2, 0) is 13.0 Å². The van der Waals surface area contributed by atoms with Gasteiger partial charge in [0, 0.05) is 18.4 Å². The van der Waals surface area contributed by atoms with Gasteiger partial charge in [0.25, 0.3) is 0 Å². The van der Waals surface area contributed by atoms with Crippen LogP contribution >= 0.6 is 0 Å². The molecule has 0 atom stereocenters. The summed E-state index contributed by atoms with van der Waals surface area (Å²) in [6.07, 6.45) is 2.93. The number of aromatic amines is 1. The second-order valence-electron chi connectivity index (χ2n) is 3.13. The molecule has 0 aliphatic rings. The Morgan fingerprint density at radius 3 is 3.00 bits per heavy atom. The minimum atomic E-state index is 0.540. The van der Waals surface area contributed by atoms with Gasteiger partial charge in [-0.15, -0.1) is 0 Å². The number of hydrogen-bond acceptors (Lipinski definition) is 2. The Morgan fingerprint density at radius 2 is 2.31 bits per heavy atom. The molecule has 0 aliphatic carbocycles. The number of H-pyrrole nitrogens is 1. The smallest absolute Gasteiger partial charge is 0.0882 e. The summed E-state index contributed by atoms with van der Waals surface area (Å²) in [4.78, 5) is 7.57. The normalized spacial score (nSPS) is 10.9. The maximum Gasteiger partial charge on any atom is 0.0882 e. The Kier molecular flexibility index (Phi) is 2.02. The maximum absolute atomic E-state index is 5.53. The van der Waals surface area contributed by atoms with Gasteiger partial charge in [-0.3, -0.25) is 4.98 Å². The van der Waals surface area contributed by atoms with Crippen LogP contribution in [0.1, 0.15) is 18.2 Å². The van der Waals surface area contributed by atoms with E-state index in [0.717, 1.165) is 23.1 Å². The number of nitrogens with one attached hydrogen (secondary N) is 1. The summed E-state index contributed by atoms with van der Waals surface area (Å²) < 4.78 is 0. The number of aromatic nitrogens is 2. The van der Waals surface area contributed by atoms with E-state index in [1.165, 1.54) is 5.56 Å². The first kappa shape index (κ1) is 8.26. The largest absolute Gasteiger partial charge is 0.356 e. The molecule has 68 valence electrons. The molecule has 0 saturated heterocycles. The molecule has 0 amide bonds. The second-order valence-corrected chi connectivity index (χ2v) is 3.13. The topological polar surface area (TPSA) is 54.7 Å². The lowest BCUT2D eigenvalue weighted by Gasteiger charge is -1.94. The summed E-state index contributed by atoms with van der Waals surface area (Å²) in [6, 6.07) is 4.12. The molecule has 2 heterocycles. The zero-order valence-corrected chi connectivity index (χ0v) is 7.67. The summed E-state index contributed by atoms with van der Waals surface area (Å²) in [5.41, 5.74) is 9.89. The molecule has 2 aromatic rings. The average molecular weight is 175 g/mol. The summed E-state index contributed by atoms with van der Waals surface area (Å²) in [6.45, 7) is 2.66. The summed E-state index contributed by atoms with van der Waals surface area (Å²) in [5.74, 6) is 0.